The zero-order valence-electron chi connectivity index (χ0n) is 17.1. The van der Waals surface area contributed by atoms with Crippen molar-refractivity contribution in [1.82, 2.24) is 0 Å². The molecule has 3 nitrogen and oxygen atoms in total. The second-order valence-electron chi connectivity index (χ2n) is 8.08. The predicted octanol–water partition coefficient (Wildman–Crippen LogP) is 6.67. The molecule has 32 heavy (non-hydrogen) atoms. The van der Waals surface area contributed by atoms with Crippen LogP contribution in [0.2, 0.25) is 10.0 Å². The number of hydrogen-bond acceptors (Lipinski definition) is 2. The number of fused-ring (bicyclic) bond motifs is 2. The number of carbonyl (C=O) groups is 2. The van der Waals surface area contributed by atoms with Gasteiger partial charge in [-0.2, -0.15) is 0 Å². The van der Waals surface area contributed by atoms with Crippen LogP contribution in [0.3, 0.4) is 0 Å². The van der Waals surface area contributed by atoms with Crippen molar-refractivity contribution in [3.8, 4) is 0 Å². The molecule has 158 valence electrons. The van der Waals surface area contributed by atoms with E-state index in [9.17, 15) is 9.59 Å². The summed E-state index contributed by atoms with van der Waals surface area (Å²) in [6.45, 7) is 3.94. The van der Waals surface area contributed by atoms with Crippen LogP contribution in [-0.2, 0) is 15.0 Å². The van der Waals surface area contributed by atoms with Crippen LogP contribution in [0.4, 0.5) is 5.69 Å². The quantitative estimate of drug-likeness (QED) is 0.475. The highest BCUT2D eigenvalue weighted by Crippen LogP contribution is 2.58. The molecule has 0 aromatic heterocycles. The highest BCUT2D eigenvalue weighted by Gasteiger charge is 2.57. The minimum absolute atomic E-state index is 0.0373. The van der Waals surface area contributed by atoms with Crippen molar-refractivity contribution in [3.05, 3.63) is 112 Å². The standard InChI is InChI=1S/C27H19Cl2NO2/c1-2-16-6-3-4-9-21(16)24-15-20(31)14-23(17-7-5-8-18(28)12-17)27(24)22-11-10-19(29)13-25(22)30-26(27)32/h2-13,15,23H,1,14H2,(H,30,32)/t23-,27-/m0/s1. The Balaban J connectivity index is 1.87. The van der Waals surface area contributed by atoms with E-state index in [2.05, 4.69) is 11.9 Å². The highest BCUT2D eigenvalue weighted by atomic mass is 35.5. The van der Waals surface area contributed by atoms with Crippen molar-refractivity contribution in [3.63, 3.8) is 0 Å². The zero-order chi connectivity index (χ0) is 22.5. The molecule has 2 aliphatic rings. The SMILES string of the molecule is C=Cc1ccccc1C1=CC(=O)C[C@@H](c2cccc(Cl)c2)[C@]12C(=O)Nc1cc(Cl)ccc12. The van der Waals surface area contributed by atoms with Gasteiger partial charge < -0.3 is 5.32 Å². The number of carbonyl (C=O) groups excluding carboxylic acids is 2. The smallest absolute Gasteiger partial charge is 0.240 e. The van der Waals surface area contributed by atoms with Gasteiger partial charge in [0.1, 0.15) is 5.41 Å². The van der Waals surface area contributed by atoms with Gasteiger partial charge in [0.25, 0.3) is 0 Å². The maximum atomic E-state index is 13.9. The first-order valence-electron chi connectivity index (χ1n) is 10.3. The summed E-state index contributed by atoms with van der Waals surface area (Å²) in [5.41, 5.74) is 3.50. The maximum Gasteiger partial charge on any atom is 0.240 e. The minimum Gasteiger partial charge on any atom is -0.325 e. The Morgan fingerprint density at radius 2 is 1.75 bits per heavy atom. The summed E-state index contributed by atoms with van der Waals surface area (Å²) in [7, 11) is 0. The fourth-order valence-electron chi connectivity index (χ4n) is 5.10. The number of nitrogens with one attached hydrogen (secondary N) is 1. The molecule has 1 amide bonds. The number of anilines is 1. The van der Waals surface area contributed by atoms with E-state index >= 15 is 0 Å². The van der Waals surface area contributed by atoms with Crippen molar-refractivity contribution in [1.29, 1.82) is 0 Å². The average Bonchev–Trinajstić information content (AvgIpc) is 3.06. The molecule has 1 spiro atoms. The van der Waals surface area contributed by atoms with E-state index in [0.717, 1.165) is 22.3 Å². The maximum absolute atomic E-state index is 13.9. The number of hydrogen-bond donors (Lipinski definition) is 1. The van der Waals surface area contributed by atoms with Crippen LogP contribution >= 0.6 is 23.2 Å². The Kier molecular flexibility index (Phi) is 5.04. The van der Waals surface area contributed by atoms with Crippen LogP contribution in [0.15, 0.2) is 79.4 Å². The molecule has 3 aromatic carbocycles. The number of rotatable bonds is 3. The van der Waals surface area contributed by atoms with Gasteiger partial charge in [-0.25, -0.2) is 0 Å². The molecule has 5 heteroatoms. The Bertz CT molecular complexity index is 1330. The third kappa shape index (κ3) is 3.04. The molecule has 0 saturated heterocycles. The second kappa shape index (κ2) is 7.77. The summed E-state index contributed by atoms with van der Waals surface area (Å²) in [6, 6.07) is 20.5. The zero-order valence-corrected chi connectivity index (χ0v) is 18.6. The molecule has 1 N–H and O–H groups in total. The third-order valence-corrected chi connectivity index (χ3v) is 6.86. The van der Waals surface area contributed by atoms with Crippen molar-refractivity contribution in [2.24, 2.45) is 0 Å². The molecule has 0 bridgehead atoms. The molecule has 1 aliphatic heterocycles. The summed E-state index contributed by atoms with van der Waals surface area (Å²) in [5.74, 6) is -0.656. The molecule has 2 atom stereocenters. The molecule has 5 rings (SSSR count). The lowest BCUT2D eigenvalue weighted by atomic mass is 9.58. The van der Waals surface area contributed by atoms with Crippen molar-refractivity contribution >= 4 is 52.2 Å². The number of amides is 1. The van der Waals surface area contributed by atoms with E-state index in [1.54, 1.807) is 30.4 Å². The van der Waals surface area contributed by atoms with Gasteiger partial charge in [0.15, 0.2) is 5.78 Å². The summed E-state index contributed by atoms with van der Waals surface area (Å²) >= 11 is 12.6. The van der Waals surface area contributed by atoms with E-state index < -0.39 is 11.3 Å². The van der Waals surface area contributed by atoms with Crippen molar-refractivity contribution in [2.75, 3.05) is 5.32 Å². The van der Waals surface area contributed by atoms with Gasteiger partial charge in [-0.05, 0) is 58.2 Å². The molecule has 1 heterocycles. The summed E-state index contributed by atoms with van der Waals surface area (Å²) in [5, 5.41) is 4.12. The Morgan fingerprint density at radius 1 is 0.969 bits per heavy atom. The Labute approximate surface area is 196 Å². The largest absolute Gasteiger partial charge is 0.325 e. The number of benzene rings is 3. The van der Waals surface area contributed by atoms with Gasteiger partial charge in [-0.1, -0.05) is 78.3 Å². The van der Waals surface area contributed by atoms with E-state index in [-0.39, 0.29) is 18.1 Å². The normalized spacial score (nSPS) is 21.8. The lowest BCUT2D eigenvalue weighted by Crippen LogP contribution is -2.45. The number of ketones is 1. The molecule has 0 radical (unpaired) electrons. The minimum atomic E-state index is -1.11. The van der Waals surface area contributed by atoms with E-state index in [0.29, 0.717) is 21.3 Å². The fourth-order valence-corrected chi connectivity index (χ4v) is 5.47. The predicted molar refractivity (Wildman–Crippen MR) is 130 cm³/mol. The first-order chi connectivity index (χ1) is 15.4. The van der Waals surface area contributed by atoms with E-state index in [4.69, 9.17) is 23.2 Å². The van der Waals surface area contributed by atoms with Crippen LogP contribution < -0.4 is 5.32 Å². The van der Waals surface area contributed by atoms with Gasteiger partial charge in [0, 0.05) is 28.1 Å². The van der Waals surface area contributed by atoms with Crippen LogP contribution in [0.5, 0.6) is 0 Å². The van der Waals surface area contributed by atoms with Gasteiger partial charge >= 0.3 is 0 Å². The number of allylic oxidation sites excluding steroid dienone is 1. The monoisotopic (exact) mass is 459 g/mol. The molecular weight excluding hydrogens is 441 g/mol. The van der Waals surface area contributed by atoms with Crippen LogP contribution in [-0.4, -0.2) is 11.7 Å². The average molecular weight is 460 g/mol. The van der Waals surface area contributed by atoms with Gasteiger partial charge in [-0.15, -0.1) is 0 Å². The van der Waals surface area contributed by atoms with E-state index in [1.165, 1.54) is 0 Å². The van der Waals surface area contributed by atoms with Crippen LogP contribution in [0, 0.1) is 0 Å². The number of halogens is 2. The Hall–Kier alpha value is -3.14. The summed E-state index contributed by atoms with van der Waals surface area (Å²) in [6.07, 6.45) is 3.55. The van der Waals surface area contributed by atoms with Crippen LogP contribution in [0.25, 0.3) is 11.6 Å². The summed E-state index contributed by atoms with van der Waals surface area (Å²) < 4.78 is 0. The second-order valence-corrected chi connectivity index (χ2v) is 8.95. The van der Waals surface area contributed by atoms with Crippen molar-refractivity contribution in [2.45, 2.75) is 17.8 Å². The first-order valence-corrected chi connectivity index (χ1v) is 11.0. The molecule has 1 aliphatic carbocycles. The third-order valence-electron chi connectivity index (χ3n) is 6.39. The molecule has 0 saturated carbocycles. The first kappa shape index (κ1) is 20.7. The molecular formula is C27H19Cl2NO2. The lowest BCUT2D eigenvalue weighted by Gasteiger charge is -2.41. The van der Waals surface area contributed by atoms with E-state index in [1.807, 2.05) is 48.5 Å². The van der Waals surface area contributed by atoms with Crippen LogP contribution in [0.1, 0.15) is 34.6 Å². The van der Waals surface area contributed by atoms with Gasteiger partial charge in [0.2, 0.25) is 5.91 Å². The Morgan fingerprint density at radius 3 is 2.53 bits per heavy atom. The molecule has 3 aromatic rings. The van der Waals surface area contributed by atoms with Gasteiger partial charge in [0.05, 0.1) is 0 Å². The van der Waals surface area contributed by atoms with Crippen molar-refractivity contribution < 1.29 is 9.59 Å². The lowest BCUT2D eigenvalue weighted by molar-refractivity contribution is -0.121. The highest BCUT2D eigenvalue weighted by molar-refractivity contribution is 6.31. The van der Waals surface area contributed by atoms with Gasteiger partial charge in [-0.3, -0.25) is 9.59 Å². The molecule has 0 unspecified atom stereocenters. The summed E-state index contributed by atoms with van der Waals surface area (Å²) in [4.78, 5) is 27.0. The molecule has 0 fully saturated rings. The fraction of sp³-hybridized carbons (Fsp3) is 0.111. The topological polar surface area (TPSA) is 46.2 Å².